The fourth-order valence-corrected chi connectivity index (χ4v) is 3.90. The molecule has 10 nitrogen and oxygen atoms in total. The van der Waals surface area contributed by atoms with Gasteiger partial charge in [-0.3, -0.25) is 4.90 Å². The Kier molecular flexibility index (Phi) is 4.94. The highest BCUT2D eigenvalue weighted by atomic mass is 19.4. The van der Waals surface area contributed by atoms with Gasteiger partial charge in [0.15, 0.2) is 11.5 Å². The van der Waals surface area contributed by atoms with Crippen LogP contribution in [0, 0.1) is 5.95 Å². The molecule has 0 spiro atoms. The number of hydrogen-bond acceptors (Lipinski definition) is 6. The molecule has 1 atom stereocenters. The van der Waals surface area contributed by atoms with Gasteiger partial charge >= 0.3 is 18.4 Å². The van der Waals surface area contributed by atoms with E-state index in [0.29, 0.717) is 20.3 Å². The molecule has 188 valence electrons. The number of pyridine rings is 1. The van der Waals surface area contributed by atoms with E-state index in [0.717, 1.165) is 37.8 Å². The van der Waals surface area contributed by atoms with Crippen LogP contribution in [-0.2, 0) is 11.6 Å². The van der Waals surface area contributed by atoms with Crippen molar-refractivity contribution >= 4 is 23.1 Å². The van der Waals surface area contributed by atoms with Crippen molar-refractivity contribution in [3.05, 3.63) is 54.1 Å². The van der Waals surface area contributed by atoms with Crippen LogP contribution in [0.1, 0.15) is 18.2 Å². The molecular formula is C19H12F7N9O. The standard InChI is InChI=1S/C19H12F7N9O/c1-17(19(24,25)26)8-33(11-7-27-13-5-12(20)32-34(13)14(11)17)16(36)31-9-4-10(18(21,22)23)15(28-6-9)35-29-2-3-30-35/h2-7H,8H2,1H3,(H,31,36)/t17-/m1/s1. The average Bonchev–Trinajstić information content (AvgIpc) is 3.50. The van der Waals surface area contributed by atoms with Crippen LogP contribution in [-0.4, -0.2) is 53.3 Å². The molecule has 0 aliphatic carbocycles. The number of fused-ring (bicyclic) bond motifs is 3. The molecule has 4 aromatic heterocycles. The van der Waals surface area contributed by atoms with Gasteiger partial charge in [-0.2, -0.15) is 40.9 Å². The zero-order valence-corrected chi connectivity index (χ0v) is 17.8. The SMILES string of the molecule is C[C@@]1(C(F)(F)F)CN(C(=O)Nc2cnc(-n3nccn3)c(C(F)(F)F)c2)c2cnc3cc(F)nn3c21. The third-order valence-electron chi connectivity index (χ3n) is 5.62. The van der Waals surface area contributed by atoms with Crippen LogP contribution in [0.5, 0.6) is 0 Å². The number of rotatable bonds is 2. The predicted octanol–water partition coefficient (Wildman–Crippen LogP) is 3.74. The van der Waals surface area contributed by atoms with E-state index in [9.17, 15) is 35.5 Å². The minimum absolute atomic E-state index is 0.217. The summed E-state index contributed by atoms with van der Waals surface area (Å²) < 4.78 is 97.6. The lowest BCUT2D eigenvalue weighted by molar-refractivity contribution is -0.181. The minimum Gasteiger partial charge on any atom is -0.306 e. The van der Waals surface area contributed by atoms with Gasteiger partial charge in [0.25, 0.3) is 0 Å². The lowest BCUT2D eigenvalue weighted by Gasteiger charge is -2.28. The molecule has 4 aromatic rings. The Labute approximate surface area is 195 Å². The molecule has 5 heterocycles. The molecule has 0 aromatic carbocycles. The maximum Gasteiger partial charge on any atom is 0.420 e. The van der Waals surface area contributed by atoms with E-state index >= 15 is 0 Å². The van der Waals surface area contributed by atoms with Crippen LogP contribution in [0.4, 0.5) is 46.9 Å². The molecular weight excluding hydrogens is 503 g/mol. The lowest BCUT2D eigenvalue weighted by atomic mass is 9.88. The third-order valence-corrected chi connectivity index (χ3v) is 5.62. The first-order valence-electron chi connectivity index (χ1n) is 9.93. The number of nitrogens with one attached hydrogen (secondary N) is 1. The smallest absolute Gasteiger partial charge is 0.306 e. The van der Waals surface area contributed by atoms with Gasteiger partial charge in [-0.1, -0.05) is 0 Å². The van der Waals surface area contributed by atoms with Crippen molar-refractivity contribution in [3.8, 4) is 5.82 Å². The number of urea groups is 1. The Morgan fingerprint density at radius 1 is 1.06 bits per heavy atom. The second-order valence-electron chi connectivity index (χ2n) is 7.99. The summed E-state index contributed by atoms with van der Waals surface area (Å²) in [6, 6.07) is 0.173. The molecule has 1 aliphatic rings. The number of nitrogens with zero attached hydrogens (tertiary/aromatic N) is 8. The molecule has 0 radical (unpaired) electrons. The fourth-order valence-electron chi connectivity index (χ4n) is 3.90. The first-order chi connectivity index (χ1) is 16.8. The van der Waals surface area contributed by atoms with Crippen LogP contribution in [0.15, 0.2) is 36.9 Å². The summed E-state index contributed by atoms with van der Waals surface area (Å²) in [6.07, 6.45) is -5.75. The molecule has 5 rings (SSSR count). The molecule has 0 bridgehead atoms. The first-order valence-corrected chi connectivity index (χ1v) is 9.93. The van der Waals surface area contributed by atoms with Gasteiger partial charge in [0.05, 0.1) is 41.9 Å². The van der Waals surface area contributed by atoms with Crippen LogP contribution < -0.4 is 10.2 Å². The summed E-state index contributed by atoms with van der Waals surface area (Å²) in [5.74, 6) is -1.75. The van der Waals surface area contributed by atoms with Crippen molar-refractivity contribution in [1.82, 2.24) is 34.6 Å². The van der Waals surface area contributed by atoms with Crippen molar-refractivity contribution in [1.29, 1.82) is 0 Å². The number of amides is 2. The van der Waals surface area contributed by atoms with Gasteiger partial charge in [-0.05, 0) is 13.0 Å². The Hall–Kier alpha value is -4.31. The fraction of sp³-hybridized carbons (Fsp3) is 0.263. The number of carbonyl (C=O) groups is 1. The molecule has 0 fully saturated rings. The van der Waals surface area contributed by atoms with E-state index in [1.807, 2.05) is 0 Å². The van der Waals surface area contributed by atoms with Crippen molar-refractivity contribution in [2.45, 2.75) is 24.7 Å². The predicted molar refractivity (Wildman–Crippen MR) is 107 cm³/mol. The van der Waals surface area contributed by atoms with Gasteiger partial charge in [0.2, 0.25) is 5.95 Å². The molecule has 1 N–H and O–H groups in total. The van der Waals surface area contributed by atoms with Crippen LogP contribution in [0.3, 0.4) is 0 Å². The lowest BCUT2D eigenvalue weighted by Crippen LogP contribution is -2.46. The quantitative estimate of drug-likeness (QED) is 0.408. The number of anilines is 2. The number of hydrogen-bond donors (Lipinski definition) is 1. The highest BCUT2D eigenvalue weighted by molar-refractivity contribution is 6.03. The second-order valence-corrected chi connectivity index (χ2v) is 7.99. The summed E-state index contributed by atoms with van der Waals surface area (Å²) in [6.45, 7) is -0.165. The third kappa shape index (κ3) is 3.57. The minimum atomic E-state index is -4.93. The zero-order valence-electron chi connectivity index (χ0n) is 17.8. The van der Waals surface area contributed by atoms with E-state index < -0.39 is 59.1 Å². The molecule has 0 unspecified atom stereocenters. The Balaban J connectivity index is 1.54. The number of alkyl halides is 6. The molecule has 0 saturated carbocycles. The largest absolute Gasteiger partial charge is 0.420 e. The summed E-state index contributed by atoms with van der Waals surface area (Å²) in [5, 5.41) is 12.8. The topological polar surface area (TPSA) is 106 Å². The zero-order chi connectivity index (χ0) is 26.0. The van der Waals surface area contributed by atoms with Gasteiger partial charge < -0.3 is 5.32 Å². The molecule has 1 aliphatic heterocycles. The van der Waals surface area contributed by atoms with Crippen molar-refractivity contribution in [3.63, 3.8) is 0 Å². The normalized spacial score (nSPS) is 18.1. The number of aromatic nitrogens is 7. The average molecular weight is 515 g/mol. The van der Waals surface area contributed by atoms with E-state index in [2.05, 4.69) is 30.6 Å². The number of carbonyl (C=O) groups excluding carboxylic acids is 1. The van der Waals surface area contributed by atoms with Gasteiger partial charge in [-0.25, -0.2) is 19.3 Å². The maximum absolute atomic E-state index is 14.1. The Bertz CT molecular complexity index is 1480. The Morgan fingerprint density at radius 2 is 1.75 bits per heavy atom. The molecule has 36 heavy (non-hydrogen) atoms. The summed E-state index contributed by atoms with van der Waals surface area (Å²) in [7, 11) is 0. The van der Waals surface area contributed by atoms with E-state index in [1.54, 1.807) is 0 Å². The summed E-state index contributed by atoms with van der Waals surface area (Å²) >= 11 is 0. The highest BCUT2D eigenvalue weighted by Crippen LogP contribution is 2.50. The number of halogens is 7. The maximum atomic E-state index is 14.1. The van der Waals surface area contributed by atoms with Crippen LogP contribution >= 0.6 is 0 Å². The van der Waals surface area contributed by atoms with Crippen molar-refractivity contribution in [2.75, 3.05) is 16.8 Å². The molecule has 17 heteroatoms. The van der Waals surface area contributed by atoms with Gasteiger partial charge in [0, 0.05) is 12.6 Å². The van der Waals surface area contributed by atoms with E-state index in [1.165, 1.54) is 0 Å². The monoisotopic (exact) mass is 515 g/mol. The van der Waals surface area contributed by atoms with Crippen LogP contribution in [0.2, 0.25) is 0 Å². The van der Waals surface area contributed by atoms with Gasteiger partial charge in [0.1, 0.15) is 11.0 Å². The van der Waals surface area contributed by atoms with Crippen molar-refractivity contribution < 1.29 is 35.5 Å². The molecule has 2 amide bonds. The summed E-state index contributed by atoms with van der Waals surface area (Å²) in [4.78, 5) is 21.8. The summed E-state index contributed by atoms with van der Waals surface area (Å²) in [5.41, 5.74) is -5.55. The van der Waals surface area contributed by atoms with E-state index in [-0.39, 0.29) is 11.3 Å². The van der Waals surface area contributed by atoms with Crippen molar-refractivity contribution in [2.24, 2.45) is 0 Å². The molecule has 0 saturated heterocycles. The van der Waals surface area contributed by atoms with Gasteiger partial charge in [-0.15, -0.1) is 9.90 Å². The van der Waals surface area contributed by atoms with E-state index in [4.69, 9.17) is 0 Å². The first kappa shape index (κ1) is 23.4. The Morgan fingerprint density at radius 3 is 2.39 bits per heavy atom. The second kappa shape index (κ2) is 7.59. The van der Waals surface area contributed by atoms with Crippen LogP contribution in [0.25, 0.3) is 11.5 Å². The highest BCUT2D eigenvalue weighted by Gasteiger charge is 2.60.